The Labute approximate surface area is 127 Å². The standard InChI is InChI=1S/C16H28N2OS/c1-3-6-17-12-16-11-15(14(2)20-16)13-19-10-9-18-7-4-5-8-18/h11,17H,3-10,12-13H2,1-2H3. The third-order valence-electron chi connectivity index (χ3n) is 3.81. The predicted molar refractivity (Wildman–Crippen MR) is 86.4 cm³/mol. The van der Waals surface area contributed by atoms with Crippen LogP contribution in [-0.4, -0.2) is 37.7 Å². The van der Waals surface area contributed by atoms with Crippen molar-refractivity contribution in [3.8, 4) is 0 Å². The fourth-order valence-corrected chi connectivity index (χ4v) is 3.61. The van der Waals surface area contributed by atoms with E-state index in [-0.39, 0.29) is 0 Å². The Morgan fingerprint density at radius 2 is 2.15 bits per heavy atom. The monoisotopic (exact) mass is 296 g/mol. The molecule has 0 atom stereocenters. The molecule has 0 spiro atoms. The van der Waals surface area contributed by atoms with Gasteiger partial charge in [0.1, 0.15) is 0 Å². The van der Waals surface area contributed by atoms with Crippen LogP contribution >= 0.6 is 11.3 Å². The maximum absolute atomic E-state index is 5.85. The molecule has 2 heterocycles. The third-order valence-corrected chi connectivity index (χ3v) is 4.90. The smallest absolute Gasteiger partial charge is 0.0728 e. The van der Waals surface area contributed by atoms with Crippen molar-refractivity contribution in [2.45, 2.75) is 46.3 Å². The van der Waals surface area contributed by atoms with Crippen molar-refractivity contribution in [3.63, 3.8) is 0 Å². The number of nitrogens with zero attached hydrogens (tertiary/aromatic N) is 1. The Morgan fingerprint density at radius 3 is 2.90 bits per heavy atom. The summed E-state index contributed by atoms with van der Waals surface area (Å²) in [6.45, 7) is 11.7. The van der Waals surface area contributed by atoms with Gasteiger partial charge in [0.2, 0.25) is 0 Å². The highest BCUT2D eigenvalue weighted by molar-refractivity contribution is 7.12. The molecule has 1 aromatic heterocycles. The van der Waals surface area contributed by atoms with Gasteiger partial charge in [-0.25, -0.2) is 0 Å². The molecule has 0 amide bonds. The van der Waals surface area contributed by atoms with Crippen molar-refractivity contribution in [1.29, 1.82) is 0 Å². The van der Waals surface area contributed by atoms with E-state index in [4.69, 9.17) is 4.74 Å². The lowest BCUT2D eigenvalue weighted by atomic mass is 10.2. The normalized spacial score (nSPS) is 16.1. The number of rotatable bonds is 9. The van der Waals surface area contributed by atoms with Gasteiger partial charge in [0, 0.05) is 22.8 Å². The third kappa shape index (κ3) is 5.17. The van der Waals surface area contributed by atoms with Crippen molar-refractivity contribution < 1.29 is 4.74 Å². The number of thiophene rings is 1. The lowest BCUT2D eigenvalue weighted by molar-refractivity contribution is 0.0991. The van der Waals surface area contributed by atoms with Gasteiger partial charge in [0.05, 0.1) is 13.2 Å². The molecule has 0 aromatic carbocycles. The highest BCUT2D eigenvalue weighted by Gasteiger charge is 2.11. The number of hydrogen-bond donors (Lipinski definition) is 1. The van der Waals surface area contributed by atoms with Gasteiger partial charge in [0.15, 0.2) is 0 Å². The van der Waals surface area contributed by atoms with Crippen LogP contribution in [0.2, 0.25) is 0 Å². The average Bonchev–Trinajstić information content (AvgIpc) is 3.05. The van der Waals surface area contributed by atoms with Crippen molar-refractivity contribution in [2.75, 3.05) is 32.8 Å². The zero-order valence-corrected chi connectivity index (χ0v) is 13.7. The minimum Gasteiger partial charge on any atom is -0.375 e. The number of ether oxygens (including phenoxy) is 1. The Kier molecular flexibility index (Phi) is 7.00. The van der Waals surface area contributed by atoms with E-state index in [0.29, 0.717) is 0 Å². The Bertz CT molecular complexity index is 386. The summed E-state index contributed by atoms with van der Waals surface area (Å²) in [4.78, 5) is 5.33. The zero-order valence-electron chi connectivity index (χ0n) is 12.9. The highest BCUT2D eigenvalue weighted by Crippen LogP contribution is 2.22. The van der Waals surface area contributed by atoms with E-state index in [1.165, 1.54) is 47.7 Å². The molecule has 1 N–H and O–H groups in total. The van der Waals surface area contributed by atoms with Crippen molar-refractivity contribution in [3.05, 3.63) is 21.4 Å². The largest absolute Gasteiger partial charge is 0.375 e. The van der Waals surface area contributed by atoms with Crippen LogP contribution in [0, 0.1) is 6.92 Å². The summed E-state index contributed by atoms with van der Waals surface area (Å²) in [5, 5.41) is 3.46. The molecule has 1 fully saturated rings. The fourth-order valence-electron chi connectivity index (χ4n) is 2.59. The first kappa shape index (κ1) is 16.0. The van der Waals surface area contributed by atoms with Crippen molar-refractivity contribution >= 4 is 11.3 Å². The topological polar surface area (TPSA) is 24.5 Å². The number of likely N-dealkylation sites (tertiary alicyclic amines) is 1. The molecule has 114 valence electrons. The predicted octanol–water partition coefficient (Wildman–Crippen LogP) is 3.17. The van der Waals surface area contributed by atoms with Crippen molar-refractivity contribution in [1.82, 2.24) is 10.2 Å². The minimum absolute atomic E-state index is 0.768. The second-order valence-electron chi connectivity index (χ2n) is 5.57. The molecule has 1 aromatic rings. The fraction of sp³-hybridized carbons (Fsp3) is 0.750. The summed E-state index contributed by atoms with van der Waals surface area (Å²) >= 11 is 1.90. The Balaban J connectivity index is 1.66. The molecule has 1 saturated heterocycles. The Morgan fingerprint density at radius 1 is 1.35 bits per heavy atom. The van der Waals surface area contributed by atoms with Crippen LogP contribution in [0.25, 0.3) is 0 Å². The van der Waals surface area contributed by atoms with Gasteiger partial charge in [-0.3, -0.25) is 0 Å². The molecule has 0 unspecified atom stereocenters. The molecule has 0 radical (unpaired) electrons. The van der Waals surface area contributed by atoms with Crippen LogP contribution in [0.5, 0.6) is 0 Å². The molecule has 4 heteroatoms. The van der Waals surface area contributed by atoms with Gasteiger partial charge in [-0.05, 0) is 57.5 Å². The van der Waals surface area contributed by atoms with Crippen LogP contribution in [0.1, 0.15) is 41.5 Å². The van der Waals surface area contributed by atoms with Crippen LogP contribution in [0.15, 0.2) is 6.07 Å². The molecular formula is C16H28N2OS. The number of hydrogen-bond acceptors (Lipinski definition) is 4. The quantitative estimate of drug-likeness (QED) is 0.708. The molecule has 0 bridgehead atoms. The average molecular weight is 296 g/mol. The van der Waals surface area contributed by atoms with Crippen molar-refractivity contribution in [2.24, 2.45) is 0 Å². The van der Waals surface area contributed by atoms with Gasteiger partial charge in [-0.2, -0.15) is 0 Å². The lowest BCUT2D eigenvalue weighted by Crippen LogP contribution is -2.23. The zero-order chi connectivity index (χ0) is 14.2. The molecular weight excluding hydrogens is 268 g/mol. The first-order valence-corrected chi connectivity index (χ1v) is 8.70. The van der Waals surface area contributed by atoms with E-state index >= 15 is 0 Å². The summed E-state index contributed by atoms with van der Waals surface area (Å²) < 4.78 is 5.85. The molecule has 1 aliphatic heterocycles. The summed E-state index contributed by atoms with van der Waals surface area (Å²) in [5.41, 5.74) is 1.37. The van der Waals surface area contributed by atoms with Gasteiger partial charge >= 0.3 is 0 Å². The maximum Gasteiger partial charge on any atom is 0.0728 e. The summed E-state index contributed by atoms with van der Waals surface area (Å²) in [6, 6.07) is 2.30. The number of aryl methyl sites for hydroxylation is 1. The van der Waals surface area contributed by atoms with Gasteiger partial charge in [0.25, 0.3) is 0 Å². The van der Waals surface area contributed by atoms with E-state index in [1.54, 1.807) is 0 Å². The lowest BCUT2D eigenvalue weighted by Gasteiger charge is -2.14. The second-order valence-corrected chi connectivity index (χ2v) is 6.91. The van der Waals surface area contributed by atoms with E-state index in [9.17, 15) is 0 Å². The van der Waals surface area contributed by atoms with E-state index in [1.807, 2.05) is 11.3 Å². The second kappa shape index (κ2) is 8.78. The SMILES string of the molecule is CCCNCc1cc(COCCN2CCCC2)c(C)s1. The van der Waals surface area contributed by atoms with E-state index in [0.717, 1.165) is 32.8 Å². The molecule has 0 saturated carbocycles. The summed E-state index contributed by atoms with van der Waals surface area (Å²) in [7, 11) is 0. The molecule has 20 heavy (non-hydrogen) atoms. The summed E-state index contributed by atoms with van der Waals surface area (Å²) in [6.07, 6.45) is 3.91. The molecule has 3 nitrogen and oxygen atoms in total. The molecule has 2 rings (SSSR count). The van der Waals surface area contributed by atoms with Crippen LogP contribution in [0.4, 0.5) is 0 Å². The first-order valence-electron chi connectivity index (χ1n) is 7.88. The molecule has 1 aliphatic rings. The minimum atomic E-state index is 0.768. The summed E-state index contributed by atoms with van der Waals surface area (Å²) in [5.74, 6) is 0. The van der Waals surface area contributed by atoms with Gasteiger partial charge in [-0.1, -0.05) is 6.92 Å². The number of nitrogens with one attached hydrogen (secondary N) is 1. The van der Waals surface area contributed by atoms with Gasteiger partial charge < -0.3 is 15.0 Å². The van der Waals surface area contributed by atoms with Crippen LogP contribution in [0.3, 0.4) is 0 Å². The van der Waals surface area contributed by atoms with E-state index in [2.05, 4.69) is 30.1 Å². The highest BCUT2D eigenvalue weighted by atomic mass is 32.1. The maximum atomic E-state index is 5.85. The van der Waals surface area contributed by atoms with Crippen LogP contribution < -0.4 is 5.32 Å². The first-order chi connectivity index (χ1) is 9.79. The Hall–Kier alpha value is -0.420. The molecule has 0 aliphatic carbocycles. The van der Waals surface area contributed by atoms with E-state index < -0.39 is 0 Å². The van der Waals surface area contributed by atoms with Crippen LogP contribution in [-0.2, 0) is 17.9 Å². The van der Waals surface area contributed by atoms with Gasteiger partial charge in [-0.15, -0.1) is 11.3 Å².